The van der Waals surface area contributed by atoms with E-state index in [0.717, 1.165) is 53.4 Å². The second-order valence-corrected chi connectivity index (χ2v) is 9.80. The highest BCUT2D eigenvalue weighted by atomic mass is 35.5. The normalized spacial score (nSPS) is 14.2. The number of halogens is 1. The van der Waals surface area contributed by atoms with Gasteiger partial charge in [0.25, 0.3) is 5.91 Å². The standard InChI is InChI=1S/C31H27ClN4O/c32-27-14-11-24(12-15-27)30-28(36-21-26(13-16-29(36)33-30)23-7-3-1-4-8-23)22-34-17-19-35(20-18-34)31(37)25-9-5-2-6-10-25/h1-16,21H,17-20,22H2. The van der Waals surface area contributed by atoms with E-state index >= 15 is 0 Å². The summed E-state index contributed by atoms with van der Waals surface area (Å²) in [6.07, 6.45) is 2.18. The molecule has 0 bridgehead atoms. The van der Waals surface area contributed by atoms with Gasteiger partial charge in [0.2, 0.25) is 0 Å². The summed E-state index contributed by atoms with van der Waals surface area (Å²) in [5, 5.41) is 0.708. The van der Waals surface area contributed by atoms with Crippen LogP contribution >= 0.6 is 11.6 Å². The fraction of sp³-hybridized carbons (Fsp3) is 0.161. The van der Waals surface area contributed by atoms with Crippen LogP contribution in [0.1, 0.15) is 16.1 Å². The highest BCUT2D eigenvalue weighted by Crippen LogP contribution is 2.29. The number of carbonyl (C=O) groups excluding carboxylic acids is 1. The average Bonchev–Trinajstić information content (AvgIpc) is 3.32. The van der Waals surface area contributed by atoms with E-state index < -0.39 is 0 Å². The fourth-order valence-corrected chi connectivity index (χ4v) is 5.09. The van der Waals surface area contributed by atoms with Gasteiger partial charge in [0, 0.05) is 55.1 Å². The van der Waals surface area contributed by atoms with E-state index in [2.05, 4.69) is 51.9 Å². The summed E-state index contributed by atoms with van der Waals surface area (Å²) in [4.78, 5) is 22.3. The maximum atomic E-state index is 12.9. The Hall–Kier alpha value is -3.93. The lowest BCUT2D eigenvalue weighted by molar-refractivity contribution is 0.0627. The van der Waals surface area contributed by atoms with Gasteiger partial charge in [-0.3, -0.25) is 9.69 Å². The van der Waals surface area contributed by atoms with Crippen LogP contribution in [-0.2, 0) is 6.54 Å². The molecule has 1 saturated heterocycles. The number of hydrogen-bond donors (Lipinski definition) is 0. The van der Waals surface area contributed by atoms with Crippen LogP contribution in [-0.4, -0.2) is 51.3 Å². The lowest BCUT2D eigenvalue weighted by atomic mass is 10.1. The number of benzene rings is 3. The van der Waals surface area contributed by atoms with Gasteiger partial charge in [0.05, 0.1) is 11.4 Å². The first-order valence-corrected chi connectivity index (χ1v) is 12.9. The number of carbonyl (C=O) groups is 1. The number of piperazine rings is 1. The number of nitrogens with zero attached hydrogens (tertiary/aromatic N) is 4. The molecule has 37 heavy (non-hydrogen) atoms. The Morgan fingerprint density at radius 2 is 1.38 bits per heavy atom. The van der Waals surface area contributed by atoms with Gasteiger partial charge in [-0.25, -0.2) is 4.98 Å². The van der Waals surface area contributed by atoms with E-state index in [1.807, 2.05) is 65.6 Å². The molecule has 3 heterocycles. The minimum atomic E-state index is 0.101. The summed E-state index contributed by atoms with van der Waals surface area (Å²) in [6, 6.07) is 32.0. The molecule has 5 aromatic rings. The Labute approximate surface area is 221 Å². The number of amides is 1. The zero-order valence-electron chi connectivity index (χ0n) is 20.4. The molecule has 0 spiro atoms. The quantitative estimate of drug-likeness (QED) is 0.282. The number of fused-ring (bicyclic) bond motifs is 1. The molecule has 0 N–H and O–H groups in total. The van der Waals surface area contributed by atoms with Gasteiger partial charge in [0.15, 0.2) is 0 Å². The summed E-state index contributed by atoms with van der Waals surface area (Å²) < 4.78 is 2.22. The van der Waals surface area contributed by atoms with Crippen LogP contribution in [0, 0.1) is 0 Å². The molecule has 2 aromatic heterocycles. The molecule has 1 aliphatic rings. The summed E-state index contributed by atoms with van der Waals surface area (Å²) in [5.74, 6) is 0.101. The van der Waals surface area contributed by atoms with Crippen LogP contribution in [0.3, 0.4) is 0 Å². The van der Waals surface area contributed by atoms with Crippen LogP contribution in [0.4, 0.5) is 0 Å². The molecule has 1 amide bonds. The molecule has 184 valence electrons. The van der Waals surface area contributed by atoms with E-state index in [4.69, 9.17) is 16.6 Å². The van der Waals surface area contributed by atoms with E-state index in [1.165, 1.54) is 5.56 Å². The average molecular weight is 507 g/mol. The van der Waals surface area contributed by atoms with Gasteiger partial charge in [-0.05, 0) is 47.5 Å². The lowest BCUT2D eigenvalue weighted by Gasteiger charge is -2.34. The third kappa shape index (κ3) is 4.88. The summed E-state index contributed by atoms with van der Waals surface area (Å²) in [6.45, 7) is 3.77. The predicted octanol–water partition coefficient (Wildman–Crippen LogP) is 6.28. The van der Waals surface area contributed by atoms with Crippen molar-refractivity contribution in [2.75, 3.05) is 26.2 Å². The third-order valence-corrected chi connectivity index (χ3v) is 7.25. The SMILES string of the molecule is O=C(c1ccccc1)N1CCN(Cc2c(-c3ccc(Cl)cc3)nc3ccc(-c4ccccc4)cn23)CC1. The van der Waals surface area contributed by atoms with Gasteiger partial charge in [0.1, 0.15) is 5.65 Å². The number of hydrogen-bond acceptors (Lipinski definition) is 3. The highest BCUT2D eigenvalue weighted by molar-refractivity contribution is 6.30. The molecule has 0 saturated carbocycles. The zero-order chi connectivity index (χ0) is 25.2. The molecule has 3 aromatic carbocycles. The molecule has 6 rings (SSSR count). The van der Waals surface area contributed by atoms with Crippen LogP contribution in [0.15, 0.2) is 103 Å². The first-order valence-electron chi connectivity index (χ1n) is 12.5. The van der Waals surface area contributed by atoms with Crippen molar-refractivity contribution in [3.05, 3.63) is 120 Å². The topological polar surface area (TPSA) is 40.9 Å². The monoisotopic (exact) mass is 506 g/mol. The maximum absolute atomic E-state index is 12.9. The molecule has 6 heteroatoms. The molecule has 0 radical (unpaired) electrons. The van der Waals surface area contributed by atoms with Crippen molar-refractivity contribution in [3.63, 3.8) is 0 Å². The number of imidazole rings is 1. The van der Waals surface area contributed by atoms with E-state index in [9.17, 15) is 4.79 Å². The summed E-state index contributed by atoms with van der Waals surface area (Å²) in [5.41, 5.74) is 7.12. The lowest BCUT2D eigenvalue weighted by Crippen LogP contribution is -2.48. The van der Waals surface area contributed by atoms with Crippen molar-refractivity contribution in [2.45, 2.75) is 6.54 Å². The van der Waals surface area contributed by atoms with Crippen LogP contribution in [0.2, 0.25) is 5.02 Å². The van der Waals surface area contributed by atoms with Crippen molar-refractivity contribution < 1.29 is 4.79 Å². The first-order chi connectivity index (χ1) is 18.2. The Bertz CT molecular complexity index is 1520. The van der Waals surface area contributed by atoms with Gasteiger partial charge < -0.3 is 9.30 Å². The third-order valence-electron chi connectivity index (χ3n) is 7.00. The van der Waals surface area contributed by atoms with Gasteiger partial charge in [-0.15, -0.1) is 0 Å². The van der Waals surface area contributed by atoms with E-state index in [0.29, 0.717) is 18.1 Å². The van der Waals surface area contributed by atoms with Crippen LogP contribution in [0.25, 0.3) is 28.0 Å². The van der Waals surface area contributed by atoms with Gasteiger partial charge in [-0.1, -0.05) is 72.3 Å². The molecule has 1 aliphatic heterocycles. The van der Waals surface area contributed by atoms with Crippen molar-refractivity contribution in [2.24, 2.45) is 0 Å². The van der Waals surface area contributed by atoms with Crippen LogP contribution in [0.5, 0.6) is 0 Å². The second kappa shape index (κ2) is 10.2. The number of aromatic nitrogens is 2. The minimum Gasteiger partial charge on any atom is -0.336 e. The summed E-state index contributed by atoms with van der Waals surface area (Å²) in [7, 11) is 0. The molecular formula is C31H27ClN4O. The zero-order valence-corrected chi connectivity index (χ0v) is 21.2. The van der Waals surface area contributed by atoms with Crippen molar-refractivity contribution in [1.82, 2.24) is 19.2 Å². The molecule has 0 atom stereocenters. The largest absolute Gasteiger partial charge is 0.336 e. The fourth-order valence-electron chi connectivity index (χ4n) is 4.97. The van der Waals surface area contributed by atoms with Crippen molar-refractivity contribution in [3.8, 4) is 22.4 Å². The van der Waals surface area contributed by atoms with Crippen molar-refractivity contribution >= 4 is 23.2 Å². The molecule has 5 nitrogen and oxygen atoms in total. The Kier molecular flexibility index (Phi) is 6.47. The van der Waals surface area contributed by atoms with Crippen LogP contribution < -0.4 is 0 Å². The Balaban J connectivity index is 1.30. The molecule has 0 unspecified atom stereocenters. The Morgan fingerprint density at radius 3 is 2.08 bits per heavy atom. The molecular weight excluding hydrogens is 480 g/mol. The van der Waals surface area contributed by atoms with Gasteiger partial charge in [-0.2, -0.15) is 0 Å². The number of rotatable bonds is 5. The van der Waals surface area contributed by atoms with E-state index in [-0.39, 0.29) is 5.91 Å². The number of pyridine rings is 1. The molecule has 0 aliphatic carbocycles. The Morgan fingerprint density at radius 1 is 0.730 bits per heavy atom. The smallest absolute Gasteiger partial charge is 0.253 e. The van der Waals surface area contributed by atoms with Crippen molar-refractivity contribution in [1.29, 1.82) is 0 Å². The molecule has 1 fully saturated rings. The highest BCUT2D eigenvalue weighted by Gasteiger charge is 2.24. The summed E-state index contributed by atoms with van der Waals surface area (Å²) >= 11 is 6.18. The van der Waals surface area contributed by atoms with E-state index in [1.54, 1.807) is 0 Å². The maximum Gasteiger partial charge on any atom is 0.253 e. The first kappa shape index (κ1) is 23.5. The second-order valence-electron chi connectivity index (χ2n) is 9.36. The predicted molar refractivity (Wildman–Crippen MR) is 149 cm³/mol. The van der Waals surface area contributed by atoms with Gasteiger partial charge >= 0.3 is 0 Å². The minimum absolute atomic E-state index is 0.101.